The van der Waals surface area contributed by atoms with E-state index in [2.05, 4.69) is 26.0 Å². The molecule has 24 heavy (non-hydrogen) atoms. The Morgan fingerprint density at radius 3 is 2.71 bits per heavy atom. The molecule has 0 bridgehead atoms. The first kappa shape index (κ1) is 15.2. The Labute approximate surface area is 141 Å². The summed E-state index contributed by atoms with van der Waals surface area (Å²) in [6, 6.07) is 9.14. The van der Waals surface area contributed by atoms with Crippen LogP contribution in [-0.2, 0) is 12.8 Å². The first-order valence-electron chi connectivity index (χ1n) is 8.41. The van der Waals surface area contributed by atoms with Crippen LogP contribution in [0.15, 0.2) is 30.3 Å². The van der Waals surface area contributed by atoms with E-state index in [0.717, 1.165) is 36.3 Å². The zero-order valence-corrected chi connectivity index (χ0v) is 14.0. The van der Waals surface area contributed by atoms with Gasteiger partial charge in [0.1, 0.15) is 17.1 Å². The molecule has 126 valence electrons. The SMILES string of the molecule is CC1(C)CCc2c(ccc3c2OCC(c2ccc(O)c(O)c2)C3)O1. The van der Waals surface area contributed by atoms with Gasteiger partial charge in [0.15, 0.2) is 11.5 Å². The Hall–Kier alpha value is -2.36. The van der Waals surface area contributed by atoms with Crippen molar-refractivity contribution in [2.45, 2.75) is 44.6 Å². The normalized spacial score (nSPS) is 21.2. The molecule has 0 aromatic heterocycles. The summed E-state index contributed by atoms with van der Waals surface area (Å²) >= 11 is 0. The quantitative estimate of drug-likeness (QED) is 0.780. The number of aromatic hydroxyl groups is 2. The van der Waals surface area contributed by atoms with Crippen LogP contribution in [-0.4, -0.2) is 22.4 Å². The van der Waals surface area contributed by atoms with Gasteiger partial charge in [-0.05, 0) is 62.4 Å². The predicted molar refractivity (Wildman–Crippen MR) is 91.2 cm³/mol. The van der Waals surface area contributed by atoms with Crippen molar-refractivity contribution in [3.8, 4) is 23.0 Å². The molecule has 0 aliphatic carbocycles. The van der Waals surface area contributed by atoms with Gasteiger partial charge in [0, 0.05) is 11.5 Å². The number of hydrogen-bond donors (Lipinski definition) is 2. The van der Waals surface area contributed by atoms with Crippen LogP contribution in [0.3, 0.4) is 0 Å². The molecule has 0 saturated heterocycles. The Morgan fingerprint density at radius 1 is 1.08 bits per heavy atom. The lowest BCUT2D eigenvalue weighted by molar-refractivity contribution is 0.0827. The van der Waals surface area contributed by atoms with Crippen LogP contribution in [0.4, 0.5) is 0 Å². The van der Waals surface area contributed by atoms with Gasteiger partial charge < -0.3 is 19.7 Å². The number of ether oxygens (including phenoxy) is 2. The topological polar surface area (TPSA) is 58.9 Å². The van der Waals surface area contributed by atoms with Gasteiger partial charge in [-0.3, -0.25) is 0 Å². The molecule has 4 nitrogen and oxygen atoms in total. The fraction of sp³-hybridized carbons (Fsp3) is 0.400. The first-order chi connectivity index (χ1) is 11.4. The van der Waals surface area contributed by atoms with E-state index in [4.69, 9.17) is 9.47 Å². The van der Waals surface area contributed by atoms with Crippen LogP contribution in [0.25, 0.3) is 0 Å². The fourth-order valence-corrected chi connectivity index (χ4v) is 3.62. The molecule has 2 aliphatic heterocycles. The van der Waals surface area contributed by atoms with Crippen LogP contribution in [0.5, 0.6) is 23.0 Å². The highest BCUT2D eigenvalue weighted by molar-refractivity contribution is 5.53. The molecule has 2 heterocycles. The smallest absolute Gasteiger partial charge is 0.157 e. The lowest BCUT2D eigenvalue weighted by Gasteiger charge is -2.35. The maximum atomic E-state index is 9.73. The van der Waals surface area contributed by atoms with E-state index in [1.54, 1.807) is 6.07 Å². The van der Waals surface area contributed by atoms with Gasteiger partial charge in [0.05, 0.1) is 6.61 Å². The van der Waals surface area contributed by atoms with Crippen molar-refractivity contribution in [2.75, 3.05) is 6.61 Å². The predicted octanol–water partition coefficient (Wildman–Crippen LogP) is 3.92. The minimum atomic E-state index is -0.123. The molecular weight excluding hydrogens is 304 g/mol. The number of fused-ring (bicyclic) bond motifs is 3. The summed E-state index contributed by atoms with van der Waals surface area (Å²) < 4.78 is 12.2. The number of phenolic OH excluding ortho intramolecular Hbond substituents is 2. The Bertz CT molecular complexity index is 794. The van der Waals surface area contributed by atoms with Crippen LogP contribution >= 0.6 is 0 Å². The molecule has 2 aliphatic rings. The summed E-state index contributed by atoms with van der Waals surface area (Å²) in [5, 5.41) is 19.2. The second-order valence-electron chi connectivity index (χ2n) is 7.35. The van der Waals surface area contributed by atoms with Crippen molar-refractivity contribution in [3.63, 3.8) is 0 Å². The van der Waals surface area contributed by atoms with Gasteiger partial charge in [-0.2, -0.15) is 0 Å². The summed E-state index contributed by atoms with van der Waals surface area (Å²) in [6.45, 7) is 4.80. The third-order valence-corrected chi connectivity index (χ3v) is 5.03. The molecule has 0 spiro atoms. The molecule has 0 amide bonds. The van der Waals surface area contributed by atoms with Crippen molar-refractivity contribution in [3.05, 3.63) is 47.0 Å². The van der Waals surface area contributed by atoms with Crippen LogP contribution < -0.4 is 9.47 Å². The summed E-state index contributed by atoms with van der Waals surface area (Å²) in [7, 11) is 0. The van der Waals surface area contributed by atoms with Gasteiger partial charge in [0.2, 0.25) is 0 Å². The summed E-state index contributed by atoms with van der Waals surface area (Å²) in [4.78, 5) is 0. The highest BCUT2D eigenvalue weighted by Gasteiger charge is 2.32. The van der Waals surface area contributed by atoms with Crippen LogP contribution in [0.1, 0.15) is 42.9 Å². The minimum absolute atomic E-state index is 0.0839. The lowest BCUT2D eigenvalue weighted by atomic mass is 9.86. The van der Waals surface area contributed by atoms with E-state index in [1.807, 2.05) is 6.07 Å². The molecular formula is C20H22O4. The molecule has 1 unspecified atom stereocenters. The third kappa shape index (κ3) is 2.56. The van der Waals surface area contributed by atoms with Crippen molar-refractivity contribution in [1.82, 2.24) is 0 Å². The molecule has 0 radical (unpaired) electrons. The number of rotatable bonds is 1. The molecule has 2 aromatic carbocycles. The van der Waals surface area contributed by atoms with Crippen LogP contribution in [0.2, 0.25) is 0 Å². The Balaban J connectivity index is 1.63. The lowest BCUT2D eigenvalue weighted by Crippen LogP contribution is -2.33. The standard InChI is InChI=1S/C20H22O4/c1-20(2)8-7-15-18(24-20)6-4-13-9-14(11-23-19(13)15)12-3-5-16(21)17(22)10-12/h3-6,10,14,21-22H,7-9,11H2,1-2H3. The molecule has 4 rings (SSSR count). The van der Waals surface area contributed by atoms with Gasteiger partial charge in [-0.1, -0.05) is 12.1 Å². The molecule has 0 saturated carbocycles. The molecule has 1 atom stereocenters. The molecule has 0 fully saturated rings. The van der Waals surface area contributed by atoms with Gasteiger partial charge >= 0.3 is 0 Å². The third-order valence-electron chi connectivity index (χ3n) is 5.03. The van der Waals surface area contributed by atoms with Crippen molar-refractivity contribution in [2.24, 2.45) is 0 Å². The van der Waals surface area contributed by atoms with Crippen molar-refractivity contribution >= 4 is 0 Å². The number of benzene rings is 2. The average molecular weight is 326 g/mol. The first-order valence-corrected chi connectivity index (χ1v) is 8.41. The monoisotopic (exact) mass is 326 g/mol. The molecule has 2 N–H and O–H groups in total. The number of phenols is 2. The second-order valence-corrected chi connectivity index (χ2v) is 7.35. The van der Waals surface area contributed by atoms with E-state index in [9.17, 15) is 10.2 Å². The molecule has 2 aromatic rings. The second kappa shape index (κ2) is 5.33. The highest BCUT2D eigenvalue weighted by Crippen LogP contribution is 2.44. The molecule has 4 heteroatoms. The zero-order valence-electron chi connectivity index (χ0n) is 14.0. The maximum absolute atomic E-state index is 9.73. The highest BCUT2D eigenvalue weighted by atomic mass is 16.5. The van der Waals surface area contributed by atoms with Crippen LogP contribution in [0, 0.1) is 0 Å². The van der Waals surface area contributed by atoms with E-state index < -0.39 is 0 Å². The van der Waals surface area contributed by atoms with E-state index in [1.165, 1.54) is 17.2 Å². The van der Waals surface area contributed by atoms with Crippen molar-refractivity contribution in [1.29, 1.82) is 0 Å². The van der Waals surface area contributed by atoms with Gasteiger partial charge in [0.25, 0.3) is 0 Å². The largest absolute Gasteiger partial charge is 0.504 e. The zero-order chi connectivity index (χ0) is 16.9. The summed E-state index contributed by atoms with van der Waals surface area (Å²) in [5.41, 5.74) is 3.22. The minimum Gasteiger partial charge on any atom is -0.504 e. The Kier molecular flexibility index (Phi) is 3.37. The summed E-state index contributed by atoms with van der Waals surface area (Å²) in [6.07, 6.45) is 2.81. The van der Waals surface area contributed by atoms with E-state index in [0.29, 0.717) is 6.61 Å². The Morgan fingerprint density at radius 2 is 1.92 bits per heavy atom. The number of hydrogen-bond acceptors (Lipinski definition) is 4. The maximum Gasteiger partial charge on any atom is 0.157 e. The summed E-state index contributed by atoms with van der Waals surface area (Å²) in [5.74, 6) is 1.90. The van der Waals surface area contributed by atoms with Gasteiger partial charge in [-0.25, -0.2) is 0 Å². The van der Waals surface area contributed by atoms with Crippen molar-refractivity contribution < 1.29 is 19.7 Å². The van der Waals surface area contributed by atoms with E-state index >= 15 is 0 Å². The average Bonchev–Trinajstić information content (AvgIpc) is 2.55. The fourth-order valence-electron chi connectivity index (χ4n) is 3.62. The van der Waals surface area contributed by atoms with E-state index in [-0.39, 0.29) is 23.0 Å². The van der Waals surface area contributed by atoms with Gasteiger partial charge in [-0.15, -0.1) is 0 Å².